The van der Waals surface area contributed by atoms with E-state index in [0.717, 1.165) is 6.42 Å². The minimum absolute atomic E-state index is 0.106. The van der Waals surface area contributed by atoms with Crippen molar-refractivity contribution in [1.82, 2.24) is 0 Å². The quantitative estimate of drug-likeness (QED) is 0.617. The number of rotatable bonds is 0. The molecule has 2 saturated heterocycles. The second kappa shape index (κ2) is 3.49. The smallest absolute Gasteiger partial charge is 0.153 e. The maximum Gasteiger partial charge on any atom is 0.153 e. The van der Waals surface area contributed by atoms with E-state index >= 15 is 0 Å². The lowest BCUT2D eigenvalue weighted by Crippen LogP contribution is -2.38. The van der Waals surface area contributed by atoms with Gasteiger partial charge in [0.25, 0.3) is 0 Å². The Morgan fingerprint density at radius 1 is 1.21 bits per heavy atom. The van der Waals surface area contributed by atoms with Crippen LogP contribution in [0.2, 0.25) is 0 Å². The molecule has 0 aromatic carbocycles. The third kappa shape index (κ3) is 1.82. The molecule has 0 aromatic rings. The van der Waals surface area contributed by atoms with Gasteiger partial charge in [0.1, 0.15) is 0 Å². The minimum atomic E-state index is -2.84. The highest BCUT2D eigenvalue weighted by Gasteiger charge is 2.40. The van der Waals surface area contributed by atoms with Crippen molar-refractivity contribution in [2.45, 2.75) is 50.6 Å². The lowest BCUT2D eigenvalue weighted by molar-refractivity contribution is -0.0617. The van der Waals surface area contributed by atoms with E-state index in [4.69, 9.17) is 4.74 Å². The van der Waals surface area contributed by atoms with Gasteiger partial charge in [-0.05, 0) is 32.1 Å². The Labute approximate surface area is 85.8 Å². The summed E-state index contributed by atoms with van der Waals surface area (Å²) in [5, 5.41) is -0.138. The molecule has 4 unspecified atom stereocenters. The Kier molecular flexibility index (Phi) is 2.60. The normalized spacial score (nSPS) is 47.0. The average Bonchev–Trinajstić information content (AvgIpc) is 2.18. The summed E-state index contributed by atoms with van der Waals surface area (Å²) in [5.41, 5.74) is 0. The van der Waals surface area contributed by atoms with E-state index in [1.54, 1.807) is 0 Å². The molecule has 2 rings (SSSR count). The fraction of sp³-hybridized carbons (Fsp3) is 1.00. The van der Waals surface area contributed by atoms with Crippen molar-refractivity contribution in [3.05, 3.63) is 0 Å². The van der Waals surface area contributed by atoms with Gasteiger partial charge in [-0.15, -0.1) is 0 Å². The van der Waals surface area contributed by atoms with E-state index < -0.39 is 9.84 Å². The Morgan fingerprint density at radius 2 is 1.93 bits per heavy atom. The van der Waals surface area contributed by atoms with Crippen LogP contribution in [0, 0.1) is 5.92 Å². The molecular formula is C10H18O3S. The third-order valence-electron chi connectivity index (χ3n) is 3.50. The zero-order valence-electron chi connectivity index (χ0n) is 8.77. The zero-order chi connectivity index (χ0) is 10.3. The molecule has 4 heteroatoms. The molecule has 0 spiro atoms. The van der Waals surface area contributed by atoms with Gasteiger partial charge in [0, 0.05) is 0 Å². The highest BCUT2D eigenvalue weighted by Crippen LogP contribution is 2.34. The molecule has 4 atom stereocenters. The molecule has 0 aliphatic carbocycles. The van der Waals surface area contributed by atoms with E-state index in [2.05, 4.69) is 6.92 Å². The predicted molar refractivity (Wildman–Crippen MR) is 54.9 cm³/mol. The fourth-order valence-corrected chi connectivity index (χ4v) is 4.58. The van der Waals surface area contributed by atoms with Gasteiger partial charge >= 0.3 is 0 Å². The van der Waals surface area contributed by atoms with E-state index in [1.165, 1.54) is 0 Å². The SMILES string of the molecule is CC1CC2CC(O1)C(C)CCS2(=O)=O. The van der Waals surface area contributed by atoms with Crippen LogP contribution in [0.25, 0.3) is 0 Å². The van der Waals surface area contributed by atoms with E-state index in [0.29, 0.717) is 24.5 Å². The molecule has 2 aliphatic rings. The van der Waals surface area contributed by atoms with Crippen LogP contribution in [0.1, 0.15) is 33.1 Å². The first-order valence-corrected chi connectivity index (χ1v) is 7.07. The number of fused-ring (bicyclic) bond motifs is 2. The zero-order valence-corrected chi connectivity index (χ0v) is 9.59. The second-order valence-electron chi connectivity index (χ2n) is 4.71. The molecule has 2 fully saturated rings. The molecule has 2 aliphatic heterocycles. The van der Waals surface area contributed by atoms with Crippen molar-refractivity contribution < 1.29 is 13.2 Å². The van der Waals surface area contributed by atoms with Crippen LogP contribution in [0.5, 0.6) is 0 Å². The van der Waals surface area contributed by atoms with Crippen LogP contribution in [-0.4, -0.2) is 31.6 Å². The molecule has 2 heterocycles. The number of sulfone groups is 1. The highest BCUT2D eigenvalue weighted by atomic mass is 32.2. The Bertz CT molecular complexity index is 309. The highest BCUT2D eigenvalue weighted by molar-refractivity contribution is 7.92. The maximum absolute atomic E-state index is 11.8. The van der Waals surface area contributed by atoms with Gasteiger partial charge in [0.15, 0.2) is 9.84 Å². The summed E-state index contributed by atoms with van der Waals surface area (Å²) in [4.78, 5) is 0. The van der Waals surface area contributed by atoms with Crippen molar-refractivity contribution in [1.29, 1.82) is 0 Å². The van der Waals surface area contributed by atoms with Crippen LogP contribution in [0.3, 0.4) is 0 Å². The van der Waals surface area contributed by atoms with Crippen LogP contribution in [-0.2, 0) is 14.6 Å². The fourth-order valence-electron chi connectivity index (χ4n) is 2.50. The Hall–Kier alpha value is -0.0900. The number of hydrogen-bond donors (Lipinski definition) is 0. The second-order valence-corrected chi connectivity index (χ2v) is 7.11. The van der Waals surface area contributed by atoms with Crippen molar-refractivity contribution in [2.24, 2.45) is 5.92 Å². The van der Waals surface area contributed by atoms with Gasteiger partial charge in [-0.1, -0.05) is 6.92 Å². The maximum atomic E-state index is 11.8. The van der Waals surface area contributed by atoms with Crippen LogP contribution >= 0.6 is 0 Å². The van der Waals surface area contributed by atoms with Gasteiger partial charge in [0.05, 0.1) is 23.2 Å². The van der Waals surface area contributed by atoms with E-state index in [1.807, 2.05) is 6.92 Å². The molecule has 0 saturated carbocycles. The molecule has 2 bridgehead atoms. The summed E-state index contributed by atoms with van der Waals surface area (Å²) in [7, 11) is -2.84. The van der Waals surface area contributed by atoms with Gasteiger partial charge in [-0.3, -0.25) is 0 Å². The van der Waals surface area contributed by atoms with Crippen molar-refractivity contribution in [3.8, 4) is 0 Å². The van der Waals surface area contributed by atoms with Crippen LogP contribution in [0.4, 0.5) is 0 Å². The van der Waals surface area contributed by atoms with E-state index in [-0.39, 0.29) is 17.5 Å². The lowest BCUT2D eigenvalue weighted by Gasteiger charge is -2.33. The van der Waals surface area contributed by atoms with Gasteiger partial charge in [-0.2, -0.15) is 0 Å². The van der Waals surface area contributed by atoms with Crippen molar-refractivity contribution >= 4 is 9.84 Å². The summed E-state index contributed by atoms with van der Waals surface area (Å²) in [5.74, 6) is 0.739. The molecule has 0 amide bonds. The van der Waals surface area contributed by atoms with Gasteiger partial charge < -0.3 is 4.74 Å². The summed E-state index contributed by atoms with van der Waals surface area (Å²) in [6.45, 7) is 4.08. The third-order valence-corrected chi connectivity index (χ3v) is 5.70. The molecule has 0 aromatic heterocycles. The molecule has 82 valence electrons. The minimum Gasteiger partial charge on any atom is -0.375 e. The molecule has 14 heavy (non-hydrogen) atoms. The van der Waals surface area contributed by atoms with Gasteiger partial charge in [0.2, 0.25) is 0 Å². The van der Waals surface area contributed by atoms with Crippen LogP contribution in [0.15, 0.2) is 0 Å². The first-order valence-electron chi connectivity index (χ1n) is 5.36. The predicted octanol–water partition coefficient (Wildman–Crippen LogP) is 1.38. The Balaban J connectivity index is 2.27. The standard InChI is InChI=1S/C10H18O3S/c1-7-3-4-14(11,12)9-5-8(2)13-10(7)6-9/h7-10H,3-6H2,1-2H3. The Morgan fingerprint density at radius 3 is 2.64 bits per heavy atom. The van der Waals surface area contributed by atoms with E-state index in [9.17, 15) is 8.42 Å². The van der Waals surface area contributed by atoms with Crippen molar-refractivity contribution in [3.63, 3.8) is 0 Å². The molecule has 3 nitrogen and oxygen atoms in total. The first-order chi connectivity index (χ1) is 6.49. The summed E-state index contributed by atoms with van der Waals surface area (Å²) < 4.78 is 29.5. The van der Waals surface area contributed by atoms with Crippen LogP contribution < -0.4 is 0 Å². The molecule has 0 radical (unpaired) electrons. The molecular weight excluding hydrogens is 200 g/mol. The summed E-state index contributed by atoms with van der Waals surface area (Å²) >= 11 is 0. The largest absolute Gasteiger partial charge is 0.375 e. The topological polar surface area (TPSA) is 43.4 Å². The molecule has 0 N–H and O–H groups in total. The first kappa shape index (κ1) is 10.4. The lowest BCUT2D eigenvalue weighted by atomic mass is 9.93. The number of hydrogen-bond acceptors (Lipinski definition) is 3. The number of ether oxygens (including phenoxy) is 1. The summed E-state index contributed by atoms with van der Waals surface area (Å²) in [6.07, 6.45) is 2.44. The summed E-state index contributed by atoms with van der Waals surface area (Å²) in [6, 6.07) is 0. The van der Waals surface area contributed by atoms with Gasteiger partial charge in [-0.25, -0.2) is 8.42 Å². The average molecular weight is 218 g/mol. The van der Waals surface area contributed by atoms with Crippen molar-refractivity contribution in [2.75, 3.05) is 5.75 Å². The monoisotopic (exact) mass is 218 g/mol.